The fourth-order valence-corrected chi connectivity index (χ4v) is 4.70. The lowest BCUT2D eigenvalue weighted by molar-refractivity contribution is 0.105. The number of hydrogen-bond donors (Lipinski definition) is 2. The van der Waals surface area contributed by atoms with Crippen molar-refractivity contribution in [1.82, 2.24) is 15.6 Å². The summed E-state index contributed by atoms with van der Waals surface area (Å²) in [6.45, 7) is 10.0. The van der Waals surface area contributed by atoms with Crippen molar-refractivity contribution in [3.05, 3.63) is 23.9 Å². The number of nitrogens with zero attached hydrogens (tertiary/aromatic N) is 3. The molecule has 0 amide bonds. The van der Waals surface area contributed by atoms with Gasteiger partial charge < -0.3 is 20.3 Å². The predicted octanol–water partition coefficient (Wildman–Crippen LogP) is 4.59. The third-order valence-corrected chi connectivity index (χ3v) is 6.88. The number of pyridine rings is 1. The number of anilines is 1. The summed E-state index contributed by atoms with van der Waals surface area (Å²) in [7, 11) is 1.84. The van der Waals surface area contributed by atoms with Crippen molar-refractivity contribution >= 4 is 35.8 Å². The SMILES string of the molecule is CCOCCC1(CNC(=NC)NCc2ccc(N3CCC(C)CC3)nc2)CCCC1.I. The molecule has 0 unspecified atom stereocenters. The fraction of sp³-hybridized carbons (Fsp3) is 0.750. The first-order valence-corrected chi connectivity index (χ1v) is 11.9. The number of halogens is 1. The third kappa shape index (κ3) is 8.08. The van der Waals surface area contributed by atoms with E-state index < -0.39 is 0 Å². The van der Waals surface area contributed by atoms with Gasteiger partial charge in [0.1, 0.15) is 5.82 Å². The second-order valence-corrected chi connectivity index (χ2v) is 9.13. The molecule has 31 heavy (non-hydrogen) atoms. The van der Waals surface area contributed by atoms with Crippen LogP contribution in [0.5, 0.6) is 0 Å². The van der Waals surface area contributed by atoms with Crippen LogP contribution in [0.15, 0.2) is 23.3 Å². The maximum Gasteiger partial charge on any atom is 0.191 e. The Morgan fingerprint density at radius 2 is 1.97 bits per heavy atom. The van der Waals surface area contributed by atoms with Crippen LogP contribution in [0.2, 0.25) is 0 Å². The van der Waals surface area contributed by atoms with Gasteiger partial charge in [-0.15, -0.1) is 24.0 Å². The summed E-state index contributed by atoms with van der Waals surface area (Å²) in [5.74, 6) is 2.81. The largest absolute Gasteiger partial charge is 0.382 e. The Balaban J connectivity index is 0.00000341. The van der Waals surface area contributed by atoms with Gasteiger partial charge in [-0.05, 0) is 62.0 Å². The Morgan fingerprint density at radius 3 is 2.58 bits per heavy atom. The van der Waals surface area contributed by atoms with E-state index in [1.807, 2.05) is 13.2 Å². The van der Waals surface area contributed by atoms with E-state index >= 15 is 0 Å². The number of aromatic nitrogens is 1. The van der Waals surface area contributed by atoms with E-state index in [9.17, 15) is 0 Å². The van der Waals surface area contributed by atoms with Crippen LogP contribution < -0.4 is 15.5 Å². The highest BCUT2D eigenvalue weighted by molar-refractivity contribution is 14.0. The van der Waals surface area contributed by atoms with Crippen LogP contribution >= 0.6 is 24.0 Å². The van der Waals surface area contributed by atoms with Gasteiger partial charge in [-0.1, -0.05) is 25.8 Å². The molecular formula is C24H42IN5O. The van der Waals surface area contributed by atoms with E-state index in [4.69, 9.17) is 9.72 Å². The van der Waals surface area contributed by atoms with E-state index in [0.717, 1.165) is 63.5 Å². The van der Waals surface area contributed by atoms with Crippen LogP contribution in [-0.2, 0) is 11.3 Å². The van der Waals surface area contributed by atoms with Gasteiger partial charge in [0.25, 0.3) is 0 Å². The zero-order valence-corrected chi connectivity index (χ0v) is 22.0. The number of piperidine rings is 1. The average Bonchev–Trinajstić information content (AvgIpc) is 3.24. The van der Waals surface area contributed by atoms with Crippen molar-refractivity contribution in [3.8, 4) is 0 Å². The molecule has 0 atom stereocenters. The maximum atomic E-state index is 5.63. The summed E-state index contributed by atoms with van der Waals surface area (Å²) >= 11 is 0. The molecule has 7 heteroatoms. The van der Waals surface area contributed by atoms with Crippen LogP contribution in [0, 0.1) is 11.3 Å². The van der Waals surface area contributed by atoms with Gasteiger partial charge in [0.2, 0.25) is 0 Å². The summed E-state index contributed by atoms with van der Waals surface area (Å²) in [6.07, 6.45) is 10.9. The Labute approximate surface area is 206 Å². The Hall–Kier alpha value is -1.09. The monoisotopic (exact) mass is 543 g/mol. The first kappa shape index (κ1) is 26.2. The van der Waals surface area contributed by atoms with E-state index in [0.29, 0.717) is 5.41 Å². The number of aliphatic imine (C=N–C) groups is 1. The molecule has 1 aliphatic carbocycles. The highest BCUT2D eigenvalue weighted by Crippen LogP contribution is 2.40. The van der Waals surface area contributed by atoms with E-state index in [-0.39, 0.29) is 24.0 Å². The molecule has 2 fully saturated rings. The Morgan fingerprint density at radius 1 is 1.23 bits per heavy atom. The lowest BCUT2D eigenvalue weighted by Gasteiger charge is -2.31. The molecule has 1 saturated heterocycles. The molecule has 6 nitrogen and oxygen atoms in total. The van der Waals surface area contributed by atoms with E-state index in [1.165, 1.54) is 44.1 Å². The molecule has 1 aromatic rings. The second-order valence-electron chi connectivity index (χ2n) is 9.13. The predicted molar refractivity (Wildman–Crippen MR) is 140 cm³/mol. The zero-order valence-electron chi connectivity index (χ0n) is 19.7. The van der Waals surface area contributed by atoms with Crippen LogP contribution in [0.1, 0.15) is 64.4 Å². The van der Waals surface area contributed by atoms with Crippen molar-refractivity contribution in [3.63, 3.8) is 0 Å². The van der Waals surface area contributed by atoms with Gasteiger partial charge >= 0.3 is 0 Å². The molecule has 3 rings (SSSR count). The lowest BCUT2D eigenvalue weighted by Crippen LogP contribution is -2.43. The molecule has 1 saturated carbocycles. The molecule has 0 spiro atoms. The summed E-state index contributed by atoms with van der Waals surface area (Å²) in [5, 5.41) is 7.02. The molecule has 0 bridgehead atoms. The van der Waals surface area contributed by atoms with Crippen LogP contribution in [0.3, 0.4) is 0 Å². The standard InChI is InChI=1S/C24H41N5O.HI/c1-4-30-16-13-24(11-5-6-12-24)19-28-23(25-3)27-18-21-7-8-22(26-17-21)29-14-9-20(2)10-15-29;/h7-8,17,20H,4-6,9-16,18-19H2,1-3H3,(H2,25,27,28);1H. The van der Waals surface area contributed by atoms with Crippen LogP contribution in [-0.4, -0.2) is 50.8 Å². The van der Waals surface area contributed by atoms with Gasteiger partial charge in [-0.2, -0.15) is 0 Å². The minimum absolute atomic E-state index is 0. The normalized spacial score (nSPS) is 19.2. The molecule has 2 aliphatic rings. The quantitative estimate of drug-likeness (QED) is 0.207. The topological polar surface area (TPSA) is 61.8 Å². The van der Waals surface area contributed by atoms with E-state index in [2.05, 4.69) is 46.5 Å². The number of guanidine groups is 1. The number of nitrogens with one attached hydrogen (secondary N) is 2. The summed E-state index contributed by atoms with van der Waals surface area (Å²) in [5.41, 5.74) is 1.53. The average molecular weight is 544 g/mol. The van der Waals surface area contributed by atoms with Crippen LogP contribution in [0.4, 0.5) is 5.82 Å². The molecule has 0 radical (unpaired) electrons. The fourth-order valence-electron chi connectivity index (χ4n) is 4.70. The van der Waals surface area contributed by atoms with Gasteiger partial charge in [-0.3, -0.25) is 4.99 Å². The Bertz CT molecular complexity index is 652. The highest BCUT2D eigenvalue weighted by atomic mass is 127. The first-order chi connectivity index (χ1) is 14.6. The Kier molecular flexibility index (Phi) is 11.4. The van der Waals surface area contributed by atoms with Gasteiger partial charge in [0.05, 0.1) is 0 Å². The van der Waals surface area contributed by atoms with Crippen molar-refractivity contribution in [1.29, 1.82) is 0 Å². The number of ether oxygens (including phenoxy) is 1. The van der Waals surface area contributed by atoms with Crippen molar-refractivity contribution < 1.29 is 4.74 Å². The van der Waals surface area contributed by atoms with Crippen molar-refractivity contribution in [2.75, 3.05) is 44.8 Å². The maximum absolute atomic E-state index is 5.63. The first-order valence-electron chi connectivity index (χ1n) is 11.9. The third-order valence-electron chi connectivity index (χ3n) is 6.88. The zero-order chi connectivity index (χ0) is 21.2. The lowest BCUT2D eigenvalue weighted by atomic mass is 9.83. The molecule has 2 heterocycles. The molecule has 1 aromatic heterocycles. The highest BCUT2D eigenvalue weighted by Gasteiger charge is 2.33. The van der Waals surface area contributed by atoms with Crippen LogP contribution in [0.25, 0.3) is 0 Å². The molecule has 1 aliphatic heterocycles. The minimum atomic E-state index is 0. The second kappa shape index (κ2) is 13.5. The smallest absolute Gasteiger partial charge is 0.191 e. The van der Waals surface area contributed by atoms with Crippen molar-refractivity contribution in [2.24, 2.45) is 16.3 Å². The summed E-state index contributed by atoms with van der Waals surface area (Å²) in [4.78, 5) is 11.5. The summed E-state index contributed by atoms with van der Waals surface area (Å²) < 4.78 is 5.63. The molecule has 2 N–H and O–H groups in total. The van der Waals surface area contributed by atoms with Gasteiger partial charge in [0.15, 0.2) is 5.96 Å². The number of hydrogen-bond acceptors (Lipinski definition) is 4. The van der Waals surface area contributed by atoms with Gasteiger partial charge in [-0.25, -0.2) is 4.98 Å². The van der Waals surface area contributed by atoms with E-state index in [1.54, 1.807) is 0 Å². The minimum Gasteiger partial charge on any atom is -0.382 e. The molecule has 176 valence electrons. The molecular weight excluding hydrogens is 501 g/mol. The van der Waals surface area contributed by atoms with Crippen molar-refractivity contribution in [2.45, 2.75) is 65.3 Å². The number of rotatable bonds is 9. The van der Waals surface area contributed by atoms with Gasteiger partial charge in [0, 0.05) is 52.6 Å². The summed E-state index contributed by atoms with van der Waals surface area (Å²) in [6, 6.07) is 4.34. The molecule has 0 aromatic carbocycles.